The average molecular weight is 133 g/mol. The van der Waals surface area contributed by atoms with Gasteiger partial charge in [0.1, 0.15) is 0 Å². The summed E-state index contributed by atoms with van der Waals surface area (Å²) in [6.07, 6.45) is 5.46. The van der Waals surface area contributed by atoms with Gasteiger partial charge < -0.3 is 6.15 Å². The maximum absolute atomic E-state index is 2.22. The SMILES string of the molecule is C1=Cc2cccc(c2)C1.N. The third-order valence-electron chi connectivity index (χ3n) is 1.61. The van der Waals surface area contributed by atoms with E-state index in [0.29, 0.717) is 0 Å². The van der Waals surface area contributed by atoms with Crippen LogP contribution in [0.3, 0.4) is 0 Å². The third-order valence-corrected chi connectivity index (χ3v) is 1.61. The minimum atomic E-state index is 0. The molecule has 1 heteroatoms. The van der Waals surface area contributed by atoms with Crippen LogP contribution >= 0.6 is 0 Å². The van der Waals surface area contributed by atoms with Crippen molar-refractivity contribution < 1.29 is 0 Å². The Bertz CT molecular complexity index is 251. The lowest BCUT2D eigenvalue weighted by Gasteiger charge is -2.03. The number of fused-ring (bicyclic) bond motifs is 2. The number of rotatable bonds is 0. The van der Waals surface area contributed by atoms with E-state index in [1.54, 1.807) is 0 Å². The molecule has 2 rings (SSSR count). The molecular formula is C9H11N. The Morgan fingerprint density at radius 3 is 2.80 bits per heavy atom. The number of hydrogen-bond acceptors (Lipinski definition) is 1. The van der Waals surface area contributed by atoms with Crippen LogP contribution in [0.25, 0.3) is 6.08 Å². The second-order valence-electron chi connectivity index (χ2n) is 2.35. The molecule has 0 aromatic heterocycles. The van der Waals surface area contributed by atoms with E-state index in [1.165, 1.54) is 11.1 Å². The van der Waals surface area contributed by atoms with Crippen molar-refractivity contribution in [3.63, 3.8) is 0 Å². The second-order valence-corrected chi connectivity index (χ2v) is 2.35. The summed E-state index contributed by atoms with van der Waals surface area (Å²) in [5, 5.41) is 0. The van der Waals surface area contributed by atoms with Crippen LogP contribution in [0, 0.1) is 0 Å². The topological polar surface area (TPSA) is 35.0 Å². The van der Waals surface area contributed by atoms with Gasteiger partial charge in [0, 0.05) is 0 Å². The van der Waals surface area contributed by atoms with E-state index >= 15 is 0 Å². The van der Waals surface area contributed by atoms with Gasteiger partial charge in [0.2, 0.25) is 0 Å². The molecule has 1 aliphatic rings. The van der Waals surface area contributed by atoms with E-state index in [2.05, 4.69) is 36.4 Å². The summed E-state index contributed by atoms with van der Waals surface area (Å²) in [7, 11) is 0. The molecule has 3 N–H and O–H groups in total. The highest BCUT2D eigenvalue weighted by Crippen LogP contribution is 2.13. The molecule has 1 nitrogen and oxygen atoms in total. The van der Waals surface area contributed by atoms with E-state index in [1.807, 2.05) is 0 Å². The van der Waals surface area contributed by atoms with E-state index in [-0.39, 0.29) is 6.15 Å². The summed E-state index contributed by atoms with van der Waals surface area (Å²) in [5.74, 6) is 0. The molecule has 0 atom stereocenters. The van der Waals surface area contributed by atoms with Gasteiger partial charge in [-0.05, 0) is 17.5 Å². The third kappa shape index (κ3) is 1.09. The molecule has 2 bridgehead atoms. The molecule has 0 unspecified atom stereocenters. The Kier molecular flexibility index (Phi) is 1.88. The number of benzene rings is 1. The van der Waals surface area contributed by atoms with Crippen molar-refractivity contribution in [3.8, 4) is 0 Å². The van der Waals surface area contributed by atoms with Crippen molar-refractivity contribution >= 4 is 6.08 Å². The Morgan fingerprint density at radius 2 is 2.10 bits per heavy atom. The van der Waals surface area contributed by atoms with Gasteiger partial charge in [-0.3, -0.25) is 0 Å². The minimum absolute atomic E-state index is 0. The maximum Gasteiger partial charge on any atom is -0.00939 e. The standard InChI is InChI=1S/C9H8.H3N/c1-3-8-5-2-6-9(4-1)7-8;/h1-5,7H,6H2;1H3. The summed E-state index contributed by atoms with van der Waals surface area (Å²) < 4.78 is 0. The van der Waals surface area contributed by atoms with Gasteiger partial charge in [-0.25, -0.2) is 0 Å². The van der Waals surface area contributed by atoms with Crippen molar-refractivity contribution in [1.82, 2.24) is 6.15 Å². The summed E-state index contributed by atoms with van der Waals surface area (Å²) >= 11 is 0. The monoisotopic (exact) mass is 133 g/mol. The molecule has 0 amide bonds. The molecule has 1 aliphatic carbocycles. The summed E-state index contributed by atoms with van der Waals surface area (Å²) in [4.78, 5) is 0. The quantitative estimate of drug-likeness (QED) is 0.579. The molecule has 0 fully saturated rings. The van der Waals surface area contributed by atoms with Crippen molar-refractivity contribution in [2.24, 2.45) is 0 Å². The van der Waals surface area contributed by atoms with Crippen LogP contribution < -0.4 is 6.15 Å². The van der Waals surface area contributed by atoms with E-state index in [4.69, 9.17) is 0 Å². The number of hydrogen-bond donors (Lipinski definition) is 1. The molecule has 0 heterocycles. The van der Waals surface area contributed by atoms with Crippen LogP contribution in [-0.4, -0.2) is 0 Å². The predicted molar refractivity (Wildman–Crippen MR) is 44.2 cm³/mol. The Hall–Kier alpha value is -1.08. The van der Waals surface area contributed by atoms with E-state index in [0.717, 1.165) is 6.42 Å². The molecule has 0 saturated carbocycles. The first-order valence-electron chi connectivity index (χ1n) is 3.21. The summed E-state index contributed by atoms with van der Waals surface area (Å²) in [5.41, 5.74) is 2.76. The zero-order valence-electron chi connectivity index (χ0n) is 5.88. The van der Waals surface area contributed by atoms with Gasteiger partial charge >= 0.3 is 0 Å². The summed E-state index contributed by atoms with van der Waals surface area (Å²) in [6, 6.07) is 8.61. The normalized spacial score (nSPS) is 12.4. The fraction of sp³-hybridized carbons (Fsp3) is 0.111. The largest absolute Gasteiger partial charge is 0.344 e. The first-order chi connectivity index (χ1) is 4.45. The highest BCUT2D eigenvalue weighted by Gasteiger charge is 1.95. The zero-order valence-corrected chi connectivity index (χ0v) is 5.88. The molecule has 10 heavy (non-hydrogen) atoms. The molecule has 0 radical (unpaired) electrons. The van der Waals surface area contributed by atoms with Gasteiger partial charge in [0.25, 0.3) is 0 Å². The van der Waals surface area contributed by atoms with Crippen LogP contribution in [0.4, 0.5) is 0 Å². The lowest BCUT2D eigenvalue weighted by molar-refractivity contribution is 1.25. The van der Waals surface area contributed by atoms with Crippen molar-refractivity contribution in [1.29, 1.82) is 0 Å². The van der Waals surface area contributed by atoms with Gasteiger partial charge in [-0.2, -0.15) is 0 Å². The molecule has 0 spiro atoms. The van der Waals surface area contributed by atoms with Crippen molar-refractivity contribution in [2.75, 3.05) is 0 Å². The van der Waals surface area contributed by atoms with E-state index in [9.17, 15) is 0 Å². The highest BCUT2D eigenvalue weighted by molar-refractivity contribution is 5.54. The molecular weight excluding hydrogens is 122 g/mol. The predicted octanol–water partition coefficient (Wildman–Crippen LogP) is 2.42. The van der Waals surface area contributed by atoms with Gasteiger partial charge in [0.05, 0.1) is 0 Å². The van der Waals surface area contributed by atoms with Gasteiger partial charge in [0.15, 0.2) is 0 Å². The van der Waals surface area contributed by atoms with Gasteiger partial charge in [-0.1, -0.05) is 36.4 Å². The van der Waals surface area contributed by atoms with Crippen LogP contribution in [0.15, 0.2) is 30.3 Å². The minimum Gasteiger partial charge on any atom is -0.344 e. The van der Waals surface area contributed by atoms with Crippen molar-refractivity contribution in [3.05, 3.63) is 41.5 Å². The Morgan fingerprint density at radius 1 is 1.20 bits per heavy atom. The second kappa shape index (κ2) is 2.67. The van der Waals surface area contributed by atoms with Crippen LogP contribution in [-0.2, 0) is 6.42 Å². The van der Waals surface area contributed by atoms with E-state index < -0.39 is 0 Å². The lowest BCUT2D eigenvalue weighted by Crippen LogP contribution is -1.86. The van der Waals surface area contributed by atoms with Crippen LogP contribution in [0.5, 0.6) is 0 Å². The average Bonchev–Trinajstić information content (AvgIpc) is 1.88. The fourth-order valence-corrected chi connectivity index (χ4v) is 1.15. The molecule has 1 aromatic rings. The van der Waals surface area contributed by atoms with Gasteiger partial charge in [-0.15, -0.1) is 0 Å². The number of allylic oxidation sites excluding steroid dienone is 1. The molecule has 52 valence electrons. The summed E-state index contributed by atoms with van der Waals surface area (Å²) in [6.45, 7) is 0. The molecule has 0 saturated heterocycles. The first-order valence-corrected chi connectivity index (χ1v) is 3.21. The molecule has 1 aromatic carbocycles. The van der Waals surface area contributed by atoms with Crippen LogP contribution in [0.2, 0.25) is 0 Å². The highest BCUT2D eigenvalue weighted by atomic mass is 14.0. The van der Waals surface area contributed by atoms with Crippen LogP contribution in [0.1, 0.15) is 11.1 Å². The smallest absolute Gasteiger partial charge is 0.00939 e. The maximum atomic E-state index is 2.22. The fourth-order valence-electron chi connectivity index (χ4n) is 1.15. The first kappa shape index (κ1) is 7.03. The Balaban J connectivity index is 0.000000500. The Labute approximate surface area is 61.0 Å². The zero-order chi connectivity index (χ0) is 6.10. The lowest BCUT2D eigenvalue weighted by atomic mass is 10.0. The van der Waals surface area contributed by atoms with Crippen molar-refractivity contribution in [2.45, 2.75) is 6.42 Å². The molecule has 0 aliphatic heterocycles.